The Morgan fingerprint density at radius 1 is 0.972 bits per heavy atom. The lowest BCUT2D eigenvalue weighted by atomic mass is 9.96. The summed E-state index contributed by atoms with van der Waals surface area (Å²) < 4.78 is 5.64. The molecule has 2 aromatic carbocycles. The zero-order valence-corrected chi connectivity index (χ0v) is 20.7. The molecule has 3 heterocycles. The summed E-state index contributed by atoms with van der Waals surface area (Å²) in [5.41, 5.74) is 4.35. The minimum absolute atomic E-state index is 0.0215. The Balaban J connectivity index is 1.51. The third-order valence-corrected chi connectivity index (χ3v) is 6.72. The van der Waals surface area contributed by atoms with Crippen molar-refractivity contribution >= 4 is 23.0 Å². The molecule has 2 aliphatic rings. The topological polar surface area (TPSA) is 73.8 Å². The van der Waals surface area contributed by atoms with Crippen molar-refractivity contribution in [3.05, 3.63) is 95.9 Å². The van der Waals surface area contributed by atoms with Crippen LogP contribution in [0, 0.1) is 0 Å². The molecule has 0 N–H and O–H groups in total. The number of aliphatic imine (C=N–C) groups is 2. The van der Waals surface area contributed by atoms with Gasteiger partial charge in [-0.25, -0.2) is 5.01 Å². The first-order valence-electron chi connectivity index (χ1n) is 12.6. The van der Waals surface area contributed by atoms with Crippen LogP contribution in [0.4, 0.5) is 0 Å². The van der Waals surface area contributed by atoms with Crippen LogP contribution in [0.3, 0.4) is 0 Å². The van der Waals surface area contributed by atoms with Gasteiger partial charge in [-0.1, -0.05) is 74.5 Å². The second kappa shape index (κ2) is 10.8. The van der Waals surface area contributed by atoms with Crippen LogP contribution in [-0.2, 0) is 4.79 Å². The molecule has 184 valence electrons. The van der Waals surface area contributed by atoms with E-state index in [0.717, 1.165) is 41.4 Å². The van der Waals surface area contributed by atoms with E-state index in [1.807, 2.05) is 72.8 Å². The van der Waals surface area contributed by atoms with Gasteiger partial charge in [0.05, 0.1) is 17.7 Å². The average Bonchev–Trinajstić information content (AvgIpc) is 3.69. The molecule has 0 aliphatic carbocycles. The van der Waals surface area contributed by atoms with Crippen molar-refractivity contribution in [3.63, 3.8) is 0 Å². The summed E-state index contributed by atoms with van der Waals surface area (Å²) in [5, 5.41) is 6.38. The predicted molar refractivity (Wildman–Crippen MR) is 142 cm³/mol. The number of amides is 1. The first kappa shape index (κ1) is 23.9. The Morgan fingerprint density at radius 2 is 1.69 bits per heavy atom. The van der Waals surface area contributed by atoms with Gasteiger partial charge in [-0.05, 0) is 30.8 Å². The number of carbonyl (C=O) groups excluding carboxylic acids is 1. The van der Waals surface area contributed by atoms with E-state index in [1.54, 1.807) is 11.3 Å². The molecule has 0 bridgehead atoms. The second-order valence-electron chi connectivity index (χ2n) is 8.90. The fourth-order valence-corrected chi connectivity index (χ4v) is 4.70. The molecule has 0 radical (unpaired) electrons. The molecule has 0 saturated carbocycles. The second-order valence-corrected chi connectivity index (χ2v) is 8.90. The van der Waals surface area contributed by atoms with Gasteiger partial charge in [-0.15, -0.1) is 0 Å². The number of carbonyl (C=O) groups is 1. The molecule has 7 nitrogen and oxygen atoms in total. The van der Waals surface area contributed by atoms with Crippen molar-refractivity contribution in [1.29, 1.82) is 0 Å². The molecule has 0 spiro atoms. The van der Waals surface area contributed by atoms with E-state index in [1.165, 1.54) is 0 Å². The van der Waals surface area contributed by atoms with Crippen LogP contribution in [0.1, 0.15) is 49.7 Å². The molecule has 2 aliphatic heterocycles. The van der Waals surface area contributed by atoms with Gasteiger partial charge in [-0.3, -0.25) is 14.8 Å². The van der Waals surface area contributed by atoms with Crippen molar-refractivity contribution in [2.45, 2.75) is 38.9 Å². The summed E-state index contributed by atoms with van der Waals surface area (Å²) >= 11 is 0. The monoisotopic (exact) mass is 481 g/mol. The van der Waals surface area contributed by atoms with E-state index in [-0.39, 0.29) is 18.1 Å². The molecule has 36 heavy (non-hydrogen) atoms. The predicted octanol–water partition coefficient (Wildman–Crippen LogP) is 4.96. The van der Waals surface area contributed by atoms with Gasteiger partial charge in [0.1, 0.15) is 17.5 Å². The number of hydrazone groups is 1. The maximum Gasteiger partial charge on any atom is 0.244 e. The van der Waals surface area contributed by atoms with E-state index < -0.39 is 0 Å². The van der Waals surface area contributed by atoms with Gasteiger partial charge < -0.3 is 9.32 Å². The number of benzene rings is 2. The summed E-state index contributed by atoms with van der Waals surface area (Å²) in [6.45, 7) is 6.73. The van der Waals surface area contributed by atoms with Gasteiger partial charge in [0.15, 0.2) is 6.17 Å². The lowest BCUT2D eigenvalue weighted by Crippen LogP contribution is -2.42. The van der Waals surface area contributed by atoms with Crippen LogP contribution < -0.4 is 0 Å². The lowest BCUT2D eigenvalue weighted by Gasteiger charge is -2.24. The van der Waals surface area contributed by atoms with Crippen molar-refractivity contribution in [2.75, 3.05) is 19.6 Å². The highest BCUT2D eigenvalue weighted by molar-refractivity contribution is 6.51. The highest BCUT2D eigenvalue weighted by atomic mass is 16.3. The summed E-state index contributed by atoms with van der Waals surface area (Å²) in [7, 11) is 0. The molecule has 0 unspecified atom stereocenters. The zero-order valence-electron chi connectivity index (χ0n) is 20.7. The van der Waals surface area contributed by atoms with Crippen molar-refractivity contribution in [1.82, 2.24) is 9.91 Å². The maximum atomic E-state index is 13.5. The Hall–Kier alpha value is -3.84. The highest BCUT2D eigenvalue weighted by Gasteiger charge is 2.40. The Bertz CT molecular complexity index is 1260. The van der Waals surface area contributed by atoms with E-state index in [0.29, 0.717) is 25.1 Å². The molecule has 5 rings (SSSR count). The van der Waals surface area contributed by atoms with Gasteiger partial charge in [0.25, 0.3) is 0 Å². The van der Waals surface area contributed by atoms with E-state index in [2.05, 4.69) is 18.7 Å². The van der Waals surface area contributed by atoms with Crippen molar-refractivity contribution in [2.24, 2.45) is 15.1 Å². The largest absolute Gasteiger partial charge is 0.463 e. The van der Waals surface area contributed by atoms with Crippen LogP contribution in [0.15, 0.2) is 98.6 Å². The third-order valence-electron chi connectivity index (χ3n) is 6.72. The fourth-order valence-electron chi connectivity index (χ4n) is 4.70. The summed E-state index contributed by atoms with van der Waals surface area (Å²) in [6, 6.07) is 23.5. The summed E-state index contributed by atoms with van der Waals surface area (Å²) in [6.07, 6.45) is 2.20. The molecule has 3 aromatic rings. The molecular formula is C29H31N5O2. The van der Waals surface area contributed by atoms with Crippen molar-refractivity contribution in [3.8, 4) is 0 Å². The van der Waals surface area contributed by atoms with E-state index in [9.17, 15) is 4.79 Å². The van der Waals surface area contributed by atoms with E-state index >= 15 is 0 Å². The number of rotatable bonds is 9. The minimum atomic E-state index is -0.350. The molecular weight excluding hydrogens is 450 g/mol. The molecule has 1 amide bonds. The van der Waals surface area contributed by atoms with Crippen LogP contribution >= 0.6 is 0 Å². The van der Waals surface area contributed by atoms with Crippen LogP contribution in [-0.4, -0.2) is 58.6 Å². The van der Waals surface area contributed by atoms with Crippen LogP contribution in [0.2, 0.25) is 0 Å². The zero-order chi connectivity index (χ0) is 24.9. The number of hydrogen-bond acceptors (Lipinski definition) is 6. The highest BCUT2D eigenvalue weighted by Crippen LogP contribution is 2.32. The van der Waals surface area contributed by atoms with Gasteiger partial charge in [-0.2, -0.15) is 5.10 Å². The molecule has 0 saturated heterocycles. The first-order chi connectivity index (χ1) is 17.7. The average molecular weight is 482 g/mol. The molecule has 2 atom stereocenters. The lowest BCUT2D eigenvalue weighted by molar-refractivity contribution is -0.132. The fraction of sp³-hybridized carbons (Fsp3) is 0.310. The smallest absolute Gasteiger partial charge is 0.244 e. The minimum Gasteiger partial charge on any atom is -0.463 e. The molecule has 7 heteroatoms. The Kier molecular flexibility index (Phi) is 7.18. The normalized spacial score (nSPS) is 19.4. The van der Waals surface area contributed by atoms with Gasteiger partial charge in [0, 0.05) is 24.9 Å². The number of nitrogens with zero attached hydrogens (tertiary/aromatic N) is 5. The van der Waals surface area contributed by atoms with Crippen LogP contribution in [0.5, 0.6) is 0 Å². The van der Waals surface area contributed by atoms with Crippen molar-refractivity contribution < 1.29 is 9.21 Å². The van der Waals surface area contributed by atoms with Gasteiger partial charge >= 0.3 is 0 Å². The van der Waals surface area contributed by atoms with Gasteiger partial charge in [0.2, 0.25) is 5.91 Å². The summed E-state index contributed by atoms with van der Waals surface area (Å²) in [5.74, 6) is 0.655. The number of hydrogen-bond donors (Lipinski definition) is 0. The molecule has 1 aromatic heterocycles. The quantitative estimate of drug-likeness (QED) is 0.434. The maximum absolute atomic E-state index is 13.5. The van der Waals surface area contributed by atoms with Crippen LogP contribution in [0.25, 0.3) is 0 Å². The first-order valence-corrected chi connectivity index (χ1v) is 12.6. The standard InChI is InChI=1S/C29H31N5O2/c1-3-33(4-2)18-17-26(35)34-24(20-23(32-34)25-16-11-19-36-25)28-27(21-12-7-5-8-13-21)30-29(31-28)22-14-9-6-10-15-22/h5-16,19,24,29H,3-4,17-18,20H2,1-2H3/t24-,29-/m0/s1. The molecule has 0 fully saturated rings. The Morgan fingerprint density at radius 3 is 2.36 bits per heavy atom. The SMILES string of the molecule is CCN(CC)CCC(=O)N1N=C(c2ccco2)C[C@H]1C1=N[C@@H](c2ccccc2)N=C1c1ccccc1. The Labute approximate surface area is 211 Å². The van der Waals surface area contributed by atoms with E-state index in [4.69, 9.17) is 19.5 Å². The summed E-state index contributed by atoms with van der Waals surface area (Å²) in [4.78, 5) is 25.9. The third kappa shape index (κ3) is 4.93. The number of furan rings is 1.